The van der Waals surface area contributed by atoms with Gasteiger partial charge in [-0.1, -0.05) is 12.1 Å². The number of aliphatic imine (C=N–C) groups is 1. The van der Waals surface area contributed by atoms with Crippen LogP contribution in [0.2, 0.25) is 0 Å². The molecule has 5 rings (SSSR count). The largest absolute Gasteiger partial charge is 0.492 e. The van der Waals surface area contributed by atoms with Gasteiger partial charge in [0.05, 0.1) is 36.5 Å². The van der Waals surface area contributed by atoms with E-state index in [2.05, 4.69) is 44.0 Å². The minimum absolute atomic E-state index is 0.517. The van der Waals surface area contributed by atoms with Crippen LogP contribution in [-0.4, -0.2) is 81.3 Å². The van der Waals surface area contributed by atoms with E-state index >= 15 is 0 Å². The van der Waals surface area contributed by atoms with E-state index in [1.807, 2.05) is 50.9 Å². The zero-order chi connectivity index (χ0) is 23.3. The van der Waals surface area contributed by atoms with E-state index < -0.39 is 0 Å². The molecule has 0 bridgehead atoms. The third-order valence-corrected chi connectivity index (χ3v) is 5.97. The number of aromatic nitrogens is 2. The summed E-state index contributed by atoms with van der Waals surface area (Å²) >= 11 is 0. The highest BCUT2D eigenvalue weighted by Gasteiger charge is 2.22. The number of likely N-dealkylation sites (N-methyl/N-ethyl adjacent to an activating group) is 1. The van der Waals surface area contributed by atoms with Crippen molar-refractivity contribution in [3.8, 4) is 17.0 Å². The van der Waals surface area contributed by atoms with Gasteiger partial charge in [0.25, 0.3) is 0 Å². The Kier molecular flexibility index (Phi) is 6.69. The lowest BCUT2D eigenvalue weighted by Crippen LogP contribution is -2.36. The molecule has 0 unspecified atom stereocenters. The molecule has 1 fully saturated rings. The highest BCUT2D eigenvalue weighted by molar-refractivity contribution is 5.97. The summed E-state index contributed by atoms with van der Waals surface area (Å²) in [6, 6.07) is 14.3. The number of benzene rings is 1. The van der Waals surface area contributed by atoms with E-state index in [-0.39, 0.29) is 0 Å². The molecule has 1 aromatic carbocycles. The fourth-order valence-corrected chi connectivity index (χ4v) is 4.17. The Morgan fingerprint density at radius 3 is 2.74 bits per heavy atom. The maximum atomic E-state index is 5.97. The van der Waals surface area contributed by atoms with Gasteiger partial charge >= 0.3 is 0 Å². The van der Waals surface area contributed by atoms with Crippen LogP contribution in [0.15, 0.2) is 59.9 Å². The third-order valence-electron chi connectivity index (χ3n) is 5.97. The molecular weight excluding hydrogens is 428 g/mol. The van der Waals surface area contributed by atoms with Gasteiger partial charge in [-0.05, 0) is 44.4 Å². The maximum absolute atomic E-state index is 5.97. The molecule has 3 aromatic rings. The molecule has 1 saturated heterocycles. The predicted octanol–water partition coefficient (Wildman–Crippen LogP) is 3.45. The summed E-state index contributed by atoms with van der Waals surface area (Å²) in [5.41, 5.74) is 4.97. The molecule has 0 amide bonds. The van der Waals surface area contributed by atoms with Crippen molar-refractivity contribution >= 4 is 23.4 Å². The Bertz CT molecular complexity index is 1140. The van der Waals surface area contributed by atoms with Crippen LogP contribution < -0.4 is 14.5 Å². The van der Waals surface area contributed by atoms with Crippen LogP contribution >= 0.6 is 0 Å². The topological polar surface area (TPSA) is 66.3 Å². The van der Waals surface area contributed by atoms with Gasteiger partial charge in [-0.15, -0.1) is 0 Å². The SMILES string of the molecule is CN(C)CCOc1cccc(-c2nccc3c2N(c2ccc(N4CCOCC4)nc2)CN=C3)c1. The van der Waals surface area contributed by atoms with Gasteiger partial charge in [-0.2, -0.15) is 0 Å². The van der Waals surface area contributed by atoms with Crippen LogP contribution in [0.1, 0.15) is 5.56 Å². The Balaban J connectivity index is 1.44. The van der Waals surface area contributed by atoms with E-state index in [1.165, 1.54) is 0 Å². The second-order valence-electron chi connectivity index (χ2n) is 8.63. The van der Waals surface area contributed by atoms with Crippen molar-refractivity contribution in [1.29, 1.82) is 0 Å². The number of nitrogens with zero attached hydrogens (tertiary/aromatic N) is 6. The lowest BCUT2D eigenvalue weighted by atomic mass is 10.0. The summed E-state index contributed by atoms with van der Waals surface area (Å²) in [5.74, 6) is 1.81. The molecular formula is C26H30N6O2. The molecule has 8 nitrogen and oxygen atoms in total. The molecule has 0 saturated carbocycles. The zero-order valence-corrected chi connectivity index (χ0v) is 19.7. The van der Waals surface area contributed by atoms with Crippen LogP contribution in [0.4, 0.5) is 17.2 Å². The highest BCUT2D eigenvalue weighted by Crippen LogP contribution is 2.38. The Labute approximate surface area is 200 Å². The van der Waals surface area contributed by atoms with Crippen LogP contribution in [-0.2, 0) is 4.74 Å². The summed E-state index contributed by atoms with van der Waals surface area (Å²) in [5, 5.41) is 0. The Morgan fingerprint density at radius 1 is 1.06 bits per heavy atom. The molecule has 34 heavy (non-hydrogen) atoms. The van der Waals surface area contributed by atoms with Crippen molar-refractivity contribution < 1.29 is 9.47 Å². The zero-order valence-electron chi connectivity index (χ0n) is 19.7. The Morgan fingerprint density at radius 2 is 1.94 bits per heavy atom. The van der Waals surface area contributed by atoms with Gasteiger partial charge in [0.15, 0.2) is 0 Å². The molecule has 2 aromatic heterocycles. The molecule has 0 N–H and O–H groups in total. The number of hydrogen-bond acceptors (Lipinski definition) is 8. The van der Waals surface area contributed by atoms with Crippen molar-refractivity contribution in [2.24, 2.45) is 4.99 Å². The van der Waals surface area contributed by atoms with Gasteiger partial charge in [-0.3, -0.25) is 9.98 Å². The lowest BCUT2D eigenvalue weighted by Gasteiger charge is -2.30. The number of rotatable bonds is 7. The van der Waals surface area contributed by atoms with Gasteiger partial charge in [0.2, 0.25) is 0 Å². The van der Waals surface area contributed by atoms with E-state index in [0.717, 1.165) is 72.6 Å². The van der Waals surface area contributed by atoms with Crippen LogP contribution in [0.3, 0.4) is 0 Å². The number of ether oxygens (including phenoxy) is 2. The first-order valence-electron chi connectivity index (χ1n) is 11.6. The smallest absolute Gasteiger partial charge is 0.128 e. The van der Waals surface area contributed by atoms with E-state index in [9.17, 15) is 0 Å². The summed E-state index contributed by atoms with van der Waals surface area (Å²) in [4.78, 5) is 20.6. The Hall–Kier alpha value is -3.49. The number of fused-ring (bicyclic) bond motifs is 1. The van der Waals surface area contributed by atoms with Crippen molar-refractivity contribution in [3.63, 3.8) is 0 Å². The van der Waals surface area contributed by atoms with Crippen LogP contribution in [0.25, 0.3) is 11.3 Å². The molecule has 0 atom stereocenters. The second-order valence-corrected chi connectivity index (χ2v) is 8.63. The third kappa shape index (κ3) is 4.88. The van der Waals surface area contributed by atoms with Crippen LogP contribution in [0, 0.1) is 0 Å². The molecule has 2 aliphatic heterocycles. The standard InChI is InChI=1S/C26H30N6O2/c1-30(2)10-15-34-23-5-3-4-20(16-23)25-26-21(8-9-28-25)17-27-19-32(26)22-6-7-24(29-18-22)31-11-13-33-14-12-31/h3-9,16-18H,10-15,19H2,1-2H3. The molecule has 0 spiro atoms. The van der Waals surface area contributed by atoms with Crippen molar-refractivity contribution in [2.75, 3.05) is 70.0 Å². The molecule has 8 heteroatoms. The minimum Gasteiger partial charge on any atom is -0.492 e. The molecule has 176 valence electrons. The van der Waals surface area contributed by atoms with E-state index in [1.54, 1.807) is 0 Å². The highest BCUT2D eigenvalue weighted by atomic mass is 16.5. The monoisotopic (exact) mass is 458 g/mol. The van der Waals surface area contributed by atoms with Gasteiger partial charge in [0.1, 0.15) is 24.8 Å². The van der Waals surface area contributed by atoms with Gasteiger partial charge in [-0.25, -0.2) is 4.98 Å². The summed E-state index contributed by atoms with van der Waals surface area (Å²) < 4.78 is 11.4. The number of anilines is 3. The first-order valence-corrected chi connectivity index (χ1v) is 11.6. The van der Waals surface area contributed by atoms with E-state index in [0.29, 0.717) is 13.3 Å². The fourth-order valence-electron chi connectivity index (χ4n) is 4.17. The lowest BCUT2D eigenvalue weighted by molar-refractivity contribution is 0.122. The molecule has 0 radical (unpaired) electrons. The number of pyridine rings is 2. The predicted molar refractivity (Wildman–Crippen MR) is 136 cm³/mol. The number of hydrogen-bond donors (Lipinski definition) is 0. The summed E-state index contributed by atoms with van der Waals surface area (Å²) in [6.07, 6.45) is 5.68. The minimum atomic E-state index is 0.517. The molecule has 4 heterocycles. The number of morpholine rings is 1. The summed E-state index contributed by atoms with van der Waals surface area (Å²) in [7, 11) is 4.08. The van der Waals surface area contributed by atoms with Crippen molar-refractivity contribution in [3.05, 3.63) is 60.4 Å². The maximum Gasteiger partial charge on any atom is 0.128 e. The average molecular weight is 459 g/mol. The van der Waals surface area contributed by atoms with Crippen molar-refractivity contribution in [1.82, 2.24) is 14.9 Å². The van der Waals surface area contributed by atoms with Gasteiger partial charge < -0.3 is 24.2 Å². The second kappa shape index (κ2) is 10.2. The quantitative estimate of drug-likeness (QED) is 0.537. The van der Waals surface area contributed by atoms with Crippen molar-refractivity contribution in [2.45, 2.75) is 0 Å². The van der Waals surface area contributed by atoms with Gasteiger partial charge in [0, 0.05) is 43.2 Å². The normalized spacial score (nSPS) is 15.5. The van der Waals surface area contributed by atoms with Crippen LogP contribution in [0.5, 0.6) is 5.75 Å². The van der Waals surface area contributed by atoms with E-state index in [4.69, 9.17) is 19.4 Å². The average Bonchev–Trinajstić information content (AvgIpc) is 2.88. The molecule has 2 aliphatic rings. The summed E-state index contributed by atoms with van der Waals surface area (Å²) in [6.45, 7) is 5.23. The fraction of sp³-hybridized carbons (Fsp3) is 0.346. The first-order chi connectivity index (χ1) is 16.7. The molecule has 0 aliphatic carbocycles. The first kappa shape index (κ1) is 22.3.